The number of likely N-dealkylation sites (N-methyl/N-ethyl adjacent to an activating group) is 1. The van der Waals surface area contributed by atoms with Gasteiger partial charge in [-0.15, -0.1) is 0 Å². The van der Waals surface area contributed by atoms with Crippen LogP contribution in [0.4, 0.5) is 5.69 Å². The summed E-state index contributed by atoms with van der Waals surface area (Å²) in [6.07, 6.45) is 6.56. The maximum absolute atomic E-state index is 12.6. The fourth-order valence-electron chi connectivity index (χ4n) is 3.04. The van der Waals surface area contributed by atoms with Crippen molar-refractivity contribution in [1.29, 1.82) is 0 Å². The molecule has 0 aromatic heterocycles. The highest BCUT2D eigenvalue weighted by Crippen LogP contribution is 2.23. The molecular formula is C19H27NO5. The van der Waals surface area contributed by atoms with Gasteiger partial charge >= 0.3 is 5.97 Å². The lowest BCUT2D eigenvalue weighted by Crippen LogP contribution is -2.38. The van der Waals surface area contributed by atoms with E-state index in [2.05, 4.69) is 0 Å². The number of amides is 1. The van der Waals surface area contributed by atoms with Crippen molar-refractivity contribution in [2.24, 2.45) is 0 Å². The summed E-state index contributed by atoms with van der Waals surface area (Å²) in [5, 5.41) is 8.61. The minimum atomic E-state index is -1.03. The van der Waals surface area contributed by atoms with Crippen molar-refractivity contribution in [2.45, 2.75) is 57.7 Å². The topological polar surface area (TPSA) is 76.1 Å². The van der Waals surface area contributed by atoms with E-state index in [1.807, 2.05) is 0 Å². The molecule has 0 radical (unpaired) electrons. The first-order valence-corrected chi connectivity index (χ1v) is 8.85. The smallest absolute Gasteiger partial charge is 0.341 e. The summed E-state index contributed by atoms with van der Waals surface area (Å²) in [6.45, 7) is 1.41. The molecule has 25 heavy (non-hydrogen) atoms. The Balaban J connectivity index is 1.90. The van der Waals surface area contributed by atoms with E-state index in [1.54, 1.807) is 43.1 Å². The number of carboxylic acid groups (broad SMARTS) is 1. The van der Waals surface area contributed by atoms with Gasteiger partial charge in [-0.3, -0.25) is 4.79 Å². The third-order valence-electron chi connectivity index (χ3n) is 4.46. The number of carboxylic acids is 1. The van der Waals surface area contributed by atoms with Crippen LogP contribution in [0.3, 0.4) is 0 Å². The van der Waals surface area contributed by atoms with Crippen LogP contribution >= 0.6 is 0 Å². The van der Waals surface area contributed by atoms with E-state index in [0.29, 0.717) is 11.4 Å². The Morgan fingerprint density at radius 1 is 1.16 bits per heavy atom. The van der Waals surface area contributed by atoms with Crippen LogP contribution in [0.5, 0.6) is 5.75 Å². The van der Waals surface area contributed by atoms with Crippen LogP contribution < -0.4 is 9.64 Å². The number of carbonyl (C=O) groups excluding carboxylic acids is 1. The zero-order valence-electron chi connectivity index (χ0n) is 14.9. The highest BCUT2D eigenvalue weighted by atomic mass is 16.5. The van der Waals surface area contributed by atoms with Gasteiger partial charge in [0.2, 0.25) is 0 Å². The van der Waals surface area contributed by atoms with E-state index < -0.39 is 12.1 Å². The highest BCUT2D eigenvalue weighted by Gasteiger charge is 2.23. The van der Waals surface area contributed by atoms with E-state index in [0.717, 1.165) is 12.8 Å². The van der Waals surface area contributed by atoms with E-state index >= 15 is 0 Å². The molecule has 1 amide bonds. The van der Waals surface area contributed by atoms with Crippen molar-refractivity contribution in [3.63, 3.8) is 0 Å². The number of benzene rings is 1. The number of hydrogen-bond donors (Lipinski definition) is 1. The summed E-state index contributed by atoms with van der Waals surface area (Å²) in [5.74, 6) is -0.668. The van der Waals surface area contributed by atoms with E-state index in [-0.39, 0.29) is 18.6 Å². The van der Waals surface area contributed by atoms with E-state index in [9.17, 15) is 9.59 Å². The molecule has 6 heteroatoms. The van der Waals surface area contributed by atoms with Crippen LogP contribution in [-0.4, -0.2) is 42.8 Å². The number of anilines is 1. The zero-order chi connectivity index (χ0) is 18.2. The summed E-state index contributed by atoms with van der Waals surface area (Å²) in [5.41, 5.74) is 0.712. The van der Waals surface area contributed by atoms with Crippen LogP contribution in [0.1, 0.15) is 45.4 Å². The zero-order valence-corrected chi connectivity index (χ0v) is 14.9. The average molecular weight is 349 g/mol. The predicted molar refractivity (Wildman–Crippen MR) is 95.0 cm³/mol. The van der Waals surface area contributed by atoms with Crippen molar-refractivity contribution < 1.29 is 24.2 Å². The molecule has 0 spiro atoms. The van der Waals surface area contributed by atoms with Crippen LogP contribution in [0.15, 0.2) is 24.3 Å². The SMILES string of the molecule is CC(OC1CCCCCC1)C(=O)N(C)c1ccc(OCC(=O)O)cc1. The van der Waals surface area contributed by atoms with Gasteiger partial charge in [-0.25, -0.2) is 4.79 Å². The summed E-state index contributed by atoms with van der Waals surface area (Å²) < 4.78 is 11.1. The van der Waals surface area contributed by atoms with Gasteiger partial charge in [0.15, 0.2) is 6.61 Å². The Bertz CT molecular complexity index is 564. The molecule has 6 nitrogen and oxygen atoms in total. The van der Waals surface area contributed by atoms with E-state index in [1.165, 1.54) is 25.7 Å². The molecule has 1 aromatic carbocycles. The monoisotopic (exact) mass is 349 g/mol. The van der Waals surface area contributed by atoms with Crippen LogP contribution in [0, 0.1) is 0 Å². The summed E-state index contributed by atoms with van der Waals surface area (Å²) in [4.78, 5) is 24.7. The second-order valence-corrected chi connectivity index (χ2v) is 6.47. The fraction of sp³-hybridized carbons (Fsp3) is 0.579. The number of rotatable bonds is 7. The standard InChI is InChI=1S/C19H27NO5/c1-14(25-17-7-5-3-4-6-8-17)19(23)20(2)15-9-11-16(12-10-15)24-13-18(21)22/h9-12,14,17H,3-8,13H2,1-2H3,(H,21,22). The molecule has 0 saturated heterocycles. The quantitative estimate of drug-likeness (QED) is 0.765. The number of carbonyl (C=O) groups is 2. The molecule has 0 heterocycles. The first kappa shape index (κ1) is 19.2. The summed E-state index contributed by atoms with van der Waals surface area (Å²) in [7, 11) is 1.71. The Hall–Kier alpha value is -2.08. The summed E-state index contributed by atoms with van der Waals surface area (Å²) in [6, 6.07) is 6.76. The molecule has 1 aromatic rings. The van der Waals surface area contributed by atoms with Crippen molar-refractivity contribution in [3.05, 3.63) is 24.3 Å². The van der Waals surface area contributed by atoms with Crippen molar-refractivity contribution in [3.8, 4) is 5.75 Å². The third kappa shape index (κ3) is 6.05. The van der Waals surface area contributed by atoms with E-state index in [4.69, 9.17) is 14.6 Å². The first-order chi connectivity index (χ1) is 12.0. The molecule has 2 rings (SSSR count). The molecule has 1 aliphatic rings. The second-order valence-electron chi connectivity index (χ2n) is 6.47. The number of nitrogens with zero attached hydrogens (tertiary/aromatic N) is 1. The van der Waals surface area contributed by atoms with Crippen molar-refractivity contribution in [1.82, 2.24) is 0 Å². The summed E-state index contributed by atoms with van der Waals surface area (Å²) >= 11 is 0. The van der Waals surface area contributed by atoms with Gasteiger partial charge in [-0.1, -0.05) is 25.7 Å². The predicted octanol–water partition coefficient (Wildman–Crippen LogP) is 3.24. The molecular weight excluding hydrogens is 322 g/mol. The lowest BCUT2D eigenvalue weighted by Gasteiger charge is -2.25. The van der Waals surface area contributed by atoms with Gasteiger partial charge in [0.05, 0.1) is 6.10 Å². The van der Waals surface area contributed by atoms with Gasteiger partial charge < -0.3 is 19.5 Å². The normalized spacial score (nSPS) is 16.7. The number of ether oxygens (including phenoxy) is 2. The molecule has 1 unspecified atom stereocenters. The molecule has 1 atom stereocenters. The Labute approximate surface area is 148 Å². The maximum Gasteiger partial charge on any atom is 0.341 e. The Kier molecular flexibility index (Phi) is 7.25. The third-order valence-corrected chi connectivity index (χ3v) is 4.46. The molecule has 138 valence electrons. The lowest BCUT2D eigenvalue weighted by atomic mass is 10.1. The van der Waals surface area contributed by atoms with Crippen LogP contribution in [-0.2, 0) is 14.3 Å². The number of hydrogen-bond acceptors (Lipinski definition) is 4. The van der Waals surface area contributed by atoms with Crippen molar-refractivity contribution >= 4 is 17.6 Å². The molecule has 1 saturated carbocycles. The molecule has 1 aliphatic carbocycles. The molecule has 0 aliphatic heterocycles. The van der Waals surface area contributed by atoms with Gasteiger partial charge in [-0.2, -0.15) is 0 Å². The minimum Gasteiger partial charge on any atom is -0.482 e. The van der Waals surface area contributed by atoms with Crippen LogP contribution in [0.25, 0.3) is 0 Å². The lowest BCUT2D eigenvalue weighted by molar-refractivity contribution is -0.139. The van der Waals surface area contributed by atoms with Gasteiger partial charge in [0.25, 0.3) is 5.91 Å². The first-order valence-electron chi connectivity index (χ1n) is 8.85. The van der Waals surface area contributed by atoms with Gasteiger partial charge in [-0.05, 0) is 44.0 Å². The molecule has 1 N–H and O–H groups in total. The Morgan fingerprint density at radius 3 is 2.32 bits per heavy atom. The molecule has 1 fully saturated rings. The fourth-order valence-corrected chi connectivity index (χ4v) is 3.04. The van der Waals surface area contributed by atoms with Crippen molar-refractivity contribution in [2.75, 3.05) is 18.6 Å². The molecule has 0 bridgehead atoms. The maximum atomic E-state index is 12.6. The highest BCUT2D eigenvalue weighted by molar-refractivity contribution is 5.95. The van der Waals surface area contributed by atoms with Crippen LogP contribution in [0.2, 0.25) is 0 Å². The number of aliphatic carboxylic acids is 1. The largest absolute Gasteiger partial charge is 0.482 e. The second kappa shape index (κ2) is 9.42. The minimum absolute atomic E-state index is 0.0940. The average Bonchev–Trinajstić information content (AvgIpc) is 2.87. The van der Waals surface area contributed by atoms with Gasteiger partial charge in [0.1, 0.15) is 11.9 Å². The Morgan fingerprint density at radius 2 is 1.76 bits per heavy atom. The van der Waals surface area contributed by atoms with Gasteiger partial charge in [0, 0.05) is 12.7 Å².